The number of carboxylic acid groups (broad SMARTS) is 1. The highest BCUT2D eigenvalue weighted by Crippen LogP contribution is 2.20. The van der Waals surface area contributed by atoms with Crippen LogP contribution in [0.25, 0.3) is 11.2 Å². The van der Waals surface area contributed by atoms with Crippen LogP contribution in [0.15, 0.2) is 30.5 Å². The number of carboxylic acids is 1. The first-order valence-electron chi connectivity index (χ1n) is 12.5. The molecule has 1 aliphatic rings. The Bertz CT molecular complexity index is 1390. The maximum absolute atomic E-state index is 12.6. The van der Waals surface area contributed by atoms with E-state index < -0.39 is 36.1 Å². The maximum Gasteiger partial charge on any atom is 0.326 e. The first kappa shape index (κ1) is 29.0. The van der Waals surface area contributed by atoms with E-state index in [0.29, 0.717) is 40.9 Å². The van der Waals surface area contributed by atoms with Crippen molar-refractivity contribution in [2.45, 2.75) is 57.1 Å². The molecule has 2 aromatic heterocycles. The molecule has 15 heteroatoms. The van der Waals surface area contributed by atoms with Crippen molar-refractivity contribution in [3.63, 3.8) is 0 Å². The molecule has 0 aliphatic carbocycles. The highest BCUT2D eigenvalue weighted by molar-refractivity contribution is 7.27. The number of nitrogen functional groups attached to an aromatic ring is 1. The Balaban J connectivity index is 1.26. The van der Waals surface area contributed by atoms with E-state index in [1.165, 1.54) is 0 Å². The van der Waals surface area contributed by atoms with Gasteiger partial charge in [0.15, 0.2) is 5.65 Å². The molecule has 0 spiro atoms. The van der Waals surface area contributed by atoms with Crippen LogP contribution in [-0.4, -0.2) is 79.0 Å². The Morgan fingerprint density at radius 3 is 2.65 bits per heavy atom. The number of amides is 1. The molecule has 0 bridgehead atoms. The third-order valence-corrected chi connectivity index (χ3v) is 6.58. The quantitative estimate of drug-likeness (QED) is 0.153. The second-order valence-corrected chi connectivity index (χ2v) is 9.85. The molecule has 5 unspecified atom stereocenters. The Kier molecular flexibility index (Phi) is 9.35. The molecule has 1 aliphatic heterocycles. The van der Waals surface area contributed by atoms with Crippen molar-refractivity contribution in [3.05, 3.63) is 41.7 Å². The van der Waals surface area contributed by atoms with Gasteiger partial charge in [0.2, 0.25) is 5.95 Å². The number of aliphatic hydroxyl groups is 1. The molecule has 3 heterocycles. The van der Waals surface area contributed by atoms with E-state index in [0.717, 1.165) is 0 Å². The van der Waals surface area contributed by atoms with Crippen LogP contribution in [0.3, 0.4) is 0 Å². The molecule has 1 aromatic carbocycles. The van der Waals surface area contributed by atoms with Crippen LogP contribution in [0.1, 0.15) is 42.2 Å². The molecule has 40 heavy (non-hydrogen) atoms. The molecule has 1 fully saturated rings. The maximum atomic E-state index is 12.6. The number of benzene rings is 1. The van der Waals surface area contributed by atoms with Crippen molar-refractivity contribution < 1.29 is 34.1 Å². The van der Waals surface area contributed by atoms with Crippen molar-refractivity contribution in [1.29, 1.82) is 0 Å². The van der Waals surface area contributed by atoms with Gasteiger partial charge in [0.25, 0.3) is 5.91 Å². The summed E-state index contributed by atoms with van der Waals surface area (Å²) < 4.78 is 10.6. The number of fused-ring (bicyclic) bond motifs is 1. The van der Waals surface area contributed by atoms with Gasteiger partial charge in [-0.25, -0.2) is 19.7 Å². The average molecular weight is 572 g/mol. The lowest BCUT2D eigenvalue weighted by atomic mass is 10.1. The van der Waals surface area contributed by atoms with E-state index in [1.807, 2.05) is 6.92 Å². The normalized spacial score (nSPS) is 19.2. The summed E-state index contributed by atoms with van der Waals surface area (Å²) in [5, 5.41) is 25.0. The molecule has 6 N–H and O–H groups in total. The number of hydrogen-bond acceptors (Lipinski definition) is 12. The highest BCUT2D eigenvalue weighted by atomic mass is 31.0. The van der Waals surface area contributed by atoms with Gasteiger partial charge >= 0.3 is 11.9 Å². The Hall–Kier alpha value is -4.00. The molecule has 212 valence electrons. The fourth-order valence-corrected chi connectivity index (χ4v) is 4.42. The van der Waals surface area contributed by atoms with Crippen LogP contribution in [0.2, 0.25) is 0 Å². The van der Waals surface area contributed by atoms with E-state index in [1.54, 1.807) is 30.5 Å². The summed E-state index contributed by atoms with van der Waals surface area (Å²) in [6.07, 6.45) is 0.180. The van der Waals surface area contributed by atoms with E-state index >= 15 is 0 Å². The predicted molar refractivity (Wildman–Crippen MR) is 147 cm³/mol. The second kappa shape index (κ2) is 12.9. The number of carbonyl (C=O) groups is 3. The molecule has 1 saturated heterocycles. The lowest BCUT2D eigenvalue weighted by Crippen LogP contribution is -2.41. The summed E-state index contributed by atoms with van der Waals surface area (Å²) in [5.41, 5.74) is 8.66. The molecule has 3 aromatic rings. The molecular weight excluding hydrogens is 541 g/mol. The number of anilines is 2. The minimum Gasteiger partial charge on any atom is -0.480 e. The van der Waals surface area contributed by atoms with E-state index in [9.17, 15) is 24.6 Å². The zero-order valence-corrected chi connectivity index (χ0v) is 22.8. The molecular formula is C25H30N7O7P. The number of nitrogens with zero attached hydrogens (tertiary/aromatic N) is 4. The average Bonchev–Trinajstić information content (AvgIpc) is 3.25. The molecule has 0 saturated carbocycles. The number of ether oxygens (including phenoxy) is 2. The lowest BCUT2D eigenvalue weighted by Gasteiger charge is -2.16. The van der Waals surface area contributed by atoms with E-state index in [-0.39, 0.29) is 37.1 Å². The summed E-state index contributed by atoms with van der Waals surface area (Å²) in [4.78, 5) is 53.3. The zero-order chi connectivity index (χ0) is 28.8. The van der Waals surface area contributed by atoms with Gasteiger partial charge < -0.3 is 36.1 Å². The number of nitrogens with two attached hydrogens (primary N) is 1. The third kappa shape index (κ3) is 7.56. The van der Waals surface area contributed by atoms with Crippen molar-refractivity contribution in [2.24, 2.45) is 0 Å². The number of rotatable bonds is 11. The van der Waals surface area contributed by atoms with Gasteiger partial charge in [-0.2, -0.15) is 4.98 Å². The molecule has 0 radical (unpaired) electrons. The summed E-state index contributed by atoms with van der Waals surface area (Å²) in [6, 6.07) is 5.13. The van der Waals surface area contributed by atoms with Crippen molar-refractivity contribution in [3.8, 4) is 0 Å². The van der Waals surface area contributed by atoms with Gasteiger partial charge in [-0.1, -0.05) is 9.24 Å². The molecule has 5 atom stereocenters. The molecule has 14 nitrogen and oxygen atoms in total. The number of hydrogen-bond donors (Lipinski definition) is 5. The third-order valence-electron chi connectivity index (χ3n) is 6.18. The van der Waals surface area contributed by atoms with E-state index in [2.05, 4.69) is 39.8 Å². The van der Waals surface area contributed by atoms with Crippen LogP contribution in [-0.2, 0) is 25.6 Å². The van der Waals surface area contributed by atoms with Crippen molar-refractivity contribution >= 4 is 55.3 Å². The number of aromatic nitrogens is 4. The topological polar surface area (TPSA) is 212 Å². The number of esters is 1. The van der Waals surface area contributed by atoms with Crippen LogP contribution >= 0.6 is 9.24 Å². The predicted octanol–water partition coefficient (Wildman–Crippen LogP) is 0.159. The van der Waals surface area contributed by atoms with Crippen molar-refractivity contribution in [2.75, 3.05) is 17.7 Å². The van der Waals surface area contributed by atoms with Crippen LogP contribution in [0.5, 0.6) is 0 Å². The molecule has 1 amide bonds. The SMILES string of the molecule is CC1CC(O)C(COC(=O)CCC(NC(=O)c2ccc(NCc3cnc4nc(N)nc(P)c4n3)cc2)C(=O)O)O1. The fourth-order valence-electron chi connectivity index (χ4n) is 4.10. The lowest BCUT2D eigenvalue weighted by molar-refractivity contribution is -0.149. The number of aliphatic carboxylic acids is 1. The number of carbonyl (C=O) groups excluding carboxylic acids is 2. The van der Waals surface area contributed by atoms with Crippen LogP contribution in [0.4, 0.5) is 11.6 Å². The minimum atomic E-state index is -1.29. The molecule has 4 rings (SSSR count). The number of nitrogens with one attached hydrogen (secondary N) is 2. The van der Waals surface area contributed by atoms with Crippen molar-refractivity contribution in [1.82, 2.24) is 25.3 Å². The summed E-state index contributed by atoms with van der Waals surface area (Å²) in [6.45, 7) is 2.03. The van der Waals surface area contributed by atoms with Gasteiger partial charge in [0.1, 0.15) is 24.3 Å². The monoisotopic (exact) mass is 571 g/mol. The number of aliphatic hydroxyl groups excluding tert-OH is 1. The largest absolute Gasteiger partial charge is 0.480 e. The Labute approximate surface area is 231 Å². The summed E-state index contributed by atoms with van der Waals surface area (Å²) >= 11 is 0. The fraction of sp³-hybridized carbons (Fsp3) is 0.400. The highest BCUT2D eigenvalue weighted by Gasteiger charge is 2.32. The summed E-state index contributed by atoms with van der Waals surface area (Å²) in [5.74, 6) is -2.41. The van der Waals surface area contributed by atoms with Gasteiger partial charge in [-0.3, -0.25) is 9.59 Å². The Morgan fingerprint density at radius 1 is 1.23 bits per heavy atom. The zero-order valence-electron chi connectivity index (χ0n) is 21.6. The smallest absolute Gasteiger partial charge is 0.326 e. The van der Waals surface area contributed by atoms with Gasteiger partial charge in [-0.05, 0) is 37.6 Å². The standard InChI is InChI=1S/C25H30N7O7P/c1-12-8-17(33)18(39-12)11-38-19(34)7-6-16(24(36)37)30-22(35)13-2-4-14(5-3-13)27-9-15-10-28-21-20(29-15)23(40)32-25(26)31-21/h2-5,10,12,16-18,27,33H,6-9,11,40H2,1H3,(H,30,35)(H,36,37)(H2,26,28,31,32). The second-order valence-electron chi connectivity index (χ2n) is 9.31. The van der Waals surface area contributed by atoms with Gasteiger partial charge in [0.05, 0.1) is 36.1 Å². The van der Waals surface area contributed by atoms with Gasteiger partial charge in [-0.15, -0.1) is 0 Å². The van der Waals surface area contributed by atoms with Crippen LogP contribution < -0.4 is 21.8 Å². The summed E-state index contributed by atoms with van der Waals surface area (Å²) in [7, 11) is 2.45. The van der Waals surface area contributed by atoms with Gasteiger partial charge in [0, 0.05) is 24.1 Å². The first-order valence-corrected chi connectivity index (χ1v) is 13.1. The minimum absolute atomic E-state index is 0.111. The van der Waals surface area contributed by atoms with Crippen LogP contribution in [0, 0.1) is 0 Å². The van der Waals surface area contributed by atoms with E-state index in [4.69, 9.17) is 15.2 Å². The Morgan fingerprint density at radius 2 is 1.98 bits per heavy atom. The first-order chi connectivity index (χ1) is 19.1.